The van der Waals surface area contributed by atoms with Crippen molar-refractivity contribution in [3.63, 3.8) is 0 Å². The molecule has 6 heteroatoms. The van der Waals surface area contributed by atoms with Crippen molar-refractivity contribution in [2.75, 3.05) is 20.3 Å². The summed E-state index contributed by atoms with van der Waals surface area (Å²) < 4.78 is 12.6. The Morgan fingerprint density at radius 2 is 2.00 bits per heavy atom. The molecule has 1 atom stereocenters. The van der Waals surface area contributed by atoms with E-state index in [1.165, 1.54) is 0 Å². The number of hydrogen-bond donors (Lipinski definition) is 1. The fraction of sp³-hybridized carbons (Fsp3) is 0.364. The highest BCUT2D eigenvalue weighted by atomic mass is 16.5. The number of ether oxygens (including phenoxy) is 2. The van der Waals surface area contributed by atoms with Gasteiger partial charge in [-0.1, -0.05) is 12.1 Å². The number of aromatic nitrogens is 2. The molecule has 0 saturated carbocycles. The molecule has 6 nitrogen and oxygen atoms in total. The van der Waals surface area contributed by atoms with Crippen molar-refractivity contribution >= 4 is 11.4 Å². The number of hydrogen-bond acceptors (Lipinski definition) is 5. The Morgan fingerprint density at radius 3 is 2.64 bits per heavy atom. The third-order valence-corrected chi connectivity index (χ3v) is 4.77. The summed E-state index contributed by atoms with van der Waals surface area (Å²) in [5.41, 5.74) is 2.91. The van der Waals surface area contributed by atoms with Crippen molar-refractivity contribution < 1.29 is 19.4 Å². The zero-order valence-electron chi connectivity index (χ0n) is 16.5. The Hall–Kier alpha value is -2.86. The number of Topliss-reactive ketones (excluding diaryl/α,β-unsaturated/α-hetero) is 1. The van der Waals surface area contributed by atoms with E-state index in [9.17, 15) is 9.90 Å². The van der Waals surface area contributed by atoms with Gasteiger partial charge in [0.05, 0.1) is 19.4 Å². The maximum atomic E-state index is 13.0. The zero-order chi connectivity index (χ0) is 20.1. The maximum absolute atomic E-state index is 13.0. The van der Waals surface area contributed by atoms with Gasteiger partial charge in [-0.2, -0.15) is 0 Å². The van der Waals surface area contributed by atoms with E-state index in [2.05, 4.69) is 4.98 Å². The molecule has 0 radical (unpaired) electrons. The number of aliphatic hydroxyl groups is 1. The first kappa shape index (κ1) is 19.9. The quantitative estimate of drug-likeness (QED) is 0.574. The molecule has 148 valence electrons. The predicted molar refractivity (Wildman–Crippen MR) is 107 cm³/mol. The van der Waals surface area contributed by atoms with Crippen molar-refractivity contribution in [2.24, 2.45) is 5.92 Å². The van der Waals surface area contributed by atoms with Gasteiger partial charge in [-0.25, -0.2) is 4.98 Å². The number of carbonyl (C=O) groups is 1. The Bertz CT molecular complexity index is 947. The Labute approximate surface area is 164 Å². The van der Waals surface area contributed by atoms with Crippen molar-refractivity contribution in [3.8, 4) is 11.5 Å². The predicted octanol–water partition coefficient (Wildman–Crippen LogP) is 3.47. The smallest absolute Gasteiger partial charge is 0.181 e. The molecule has 0 aliphatic heterocycles. The molecule has 0 bridgehead atoms. The van der Waals surface area contributed by atoms with E-state index in [0.717, 1.165) is 11.3 Å². The second-order valence-electron chi connectivity index (χ2n) is 6.77. The monoisotopic (exact) mass is 382 g/mol. The van der Waals surface area contributed by atoms with Crippen LogP contribution >= 0.6 is 0 Å². The summed E-state index contributed by atoms with van der Waals surface area (Å²) in [6.07, 6.45) is 2.69. The minimum atomic E-state index is -0.166. The highest BCUT2D eigenvalue weighted by Crippen LogP contribution is 2.24. The molecule has 0 spiro atoms. The standard InChI is InChI=1S/C22H26N2O4/c1-4-28-20-6-5-11-24-21(15(2)23-22(20)24)19(26)13-17(14-25)12-16-7-9-18(27-3)10-8-16/h5-11,17,25H,4,12-14H2,1-3H3/t17-/m0/s1. The van der Waals surface area contributed by atoms with Gasteiger partial charge in [0, 0.05) is 19.2 Å². The van der Waals surface area contributed by atoms with Crippen LogP contribution in [0.1, 0.15) is 35.1 Å². The lowest BCUT2D eigenvalue weighted by Crippen LogP contribution is -2.17. The lowest BCUT2D eigenvalue weighted by molar-refractivity contribution is 0.0929. The number of methoxy groups -OCH3 is 1. The Balaban J connectivity index is 1.80. The first-order valence-electron chi connectivity index (χ1n) is 9.44. The second-order valence-corrected chi connectivity index (χ2v) is 6.77. The minimum Gasteiger partial charge on any atom is -0.497 e. The molecule has 0 unspecified atom stereocenters. The van der Waals surface area contributed by atoms with E-state index in [1.54, 1.807) is 11.5 Å². The van der Waals surface area contributed by atoms with E-state index in [-0.39, 0.29) is 24.7 Å². The summed E-state index contributed by atoms with van der Waals surface area (Å²) in [5.74, 6) is 1.24. The molecule has 0 aliphatic carbocycles. The van der Waals surface area contributed by atoms with Crippen molar-refractivity contribution in [1.82, 2.24) is 9.38 Å². The molecule has 28 heavy (non-hydrogen) atoms. The molecule has 1 aromatic carbocycles. The van der Waals surface area contributed by atoms with E-state index in [0.29, 0.717) is 35.8 Å². The van der Waals surface area contributed by atoms with E-state index < -0.39 is 0 Å². The van der Waals surface area contributed by atoms with Gasteiger partial charge in [-0.3, -0.25) is 9.20 Å². The minimum absolute atomic E-state index is 0.0359. The molecule has 0 fully saturated rings. The largest absolute Gasteiger partial charge is 0.497 e. The summed E-state index contributed by atoms with van der Waals surface area (Å²) in [6.45, 7) is 4.21. The first-order chi connectivity index (χ1) is 13.6. The number of ketones is 1. The van der Waals surface area contributed by atoms with E-state index >= 15 is 0 Å². The van der Waals surface area contributed by atoms with E-state index in [4.69, 9.17) is 9.47 Å². The fourth-order valence-corrected chi connectivity index (χ4v) is 3.42. The molecule has 3 rings (SSSR count). The van der Waals surface area contributed by atoms with Crippen LogP contribution in [-0.4, -0.2) is 40.6 Å². The molecular formula is C22H26N2O4. The average Bonchev–Trinajstić information content (AvgIpc) is 3.05. The van der Waals surface area contributed by atoms with Gasteiger partial charge < -0.3 is 14.6 Å². The highest BCUT2D eigenvalue weighted by molar-refractivity contribution is 5.96. The SMILES string of the molecule is CCOc1cccn2c(C(=O)C[C@@H](CO)Cc3ccc(OC)cc3)c(C)nc12. The number of aryl methyl sites for hydroxylation is 1. The third-order valence-electron chi connectivity index (χ3n) is 4.77. The summed E-state index contributed by atoms with van der Waals surface area (Å²) in [4.78, 5) is 17.6. The molecular weight excluding hydrogens is 356 g/mol. The van der Waals surface area contributed by atoms with Crippen LogP contribution in [0.4, 0.5) is 0 Å². The lowest BCUT2D eigenvalue weighted by Gasteiger charge is -2.14. The molecule has 0 amide bonds. The summed E-state index contributed by atoms with van der Waals surface area (Å²) in [7, 11) is 1.62. The number of rotatable bonds is 9. The summed E-state index contributed by atoms with van der Waals surface area (Å²) in [6, 6.07) is 11.4. The van der Waals surface area contributed by atoms with Crippen LogP contribution in [0.15, 0.2) is 42.6 Å². The summed E-state index contributed by atoms with van der Waals surface area (Å²) >= 11 is 0. The molecule has 2 aromatic heterocycles. The molecule has 0 aliphatic rings. The highest BCUT2D eigenvalue weighted by Gasteiger charge is 2.22. The number of benzene rings is 1. The van der Waals surface area contributed by atoms with E-state index in [1.807, 2.05) is 56.4 Å². The van der Waals surface area contributed by atoms with Crippen LogP contribution in [-0.2, 0) is 6.42 Å². The normalized spacial score (nSPS) is 12.1. The molecule has 3 aromatic rings. The van der Waals surface area contributed by atoms with Crippen LogP contribution in [0.25, 0.3) is 5.65 Å². The zero-order valence-corrected chi connectivity index (χ0v) is 16.5. The van der Waals surface area contributed by atoms with Crippen molar-refractivity contribution in [2.45, 2.75) is 26.7 Å². The average molecular weight is 382 g/mol. The second kappa shape index (κ2) is 8.89. The number of nitrogens with zero attached hydrogens (tertiary/aromatic N) is 2. The van der Waals surface area contributed by atoms with Crippen LogP contribution in [0.3, 0.4) is 0 Å². The first-order valence-corrected chi connectivity index (χ1v) is 9.44. The van der Waals surface area contributed by atoms with Crippen molar-refractivity contribution in [3.05, 3.63) is 59.5 Å². The van der Waals surface area contributed by atoms with Gasteiger partial charge in [0.15, 0.2) is 17.2 Å². The number of carbonyl (C=O) groups excluding carboxylic acids is 1. The fourth-order valence-electron chi connectivity index (χ4n) is 3.42. The number of imidazole rings is 1. The van der Waals surface area contributed by atoms with Crippen LogP contribution in [0, 0.1) is 12.8 Å². The van der Waals surface area contributed by atoms with Gasteiger partial charge in [0.1, 0.15) is 11.4 Å². The van der Waals surface area contributed by atoms with Crippen LogP contribution in [0.5, 0.6) is 11.5 Å². The number of pyridine rings is 1. The molecule has 1 N–H and O–H groups in total. The molecule has 2 heterocycles. The Kier molecular flexibility index (Phi) is 6.31. The lowest BCUT2D eigenvalue weighted by atomic mass is 9.94. The maximum Gasteiger partial charge on any atom is 0.181 e. The van der Waals surface area contributed by atoms with Gasteiger partial charge in [0.25, 0.3) is 0 Å². The van der Waals surface area contributed by atoms with Gasteiger partial charge >= 0.3 is 0 Å². The number of fused-ring (bicyclic) bond motifs is 1. The van der Waals surface area contributed by atoms with Crippen LogP contribution in [0.2, 0.25) is 0 Å². The Morgan fingerprint density at radius 1 is 1.25 bits per heavy atom. The van der Waals surface area contributed by atoms with Crippen molar-refractivity contribution in [1.29, 1.82) is 0 Å². The van der Waals surface area contributed by atoms with Gasteiger partial charge in [-0.15, -0.1) is 0 Å². The third kappa shape index (κ3) is 4.17. The van der Waals surface area contributed by atoms with Gasteiger partial charge in [0.2, 0.25) is 0 Å². The van der Waals surface area contributed by atoms with Gasteiger partial charge in [-0.05, 0) is 56.0 Å². The number of aliphatic hydroxyl groups excluding tert-OH is 1. The van der Waals surface area contributed by atoms with Crippen LogP contribution < -0.4 is 9.47 Å². The molecule has 0 saturated heterocycles. The topological polar surface area (TPSA) is 73.1 Å². The summed E-state index contributed by atoms with van der Waals surface area (Å²) in [5, 5.41) is 9.81.